The van der Waals surface area contributed by atoms with Crippen LogP contribution in [0.1, 0.15) is 32.7 Å². The number of nitrogens with one attached hydrogen (secondary N) is 2. The SMILES string of the molecule is Cc1ccc(NC(=O)c2cccc(C(F)(F)F)c2)cc1-n1c(C)c2cnc(Nc3cccc(CO)c3)nc2nc1=O. The molecule has 1 amide bonds. The summed E-state index contributed by atoms with van der Waals surface area (Å²) in [6, 6.07) is 16.0. The van der Waals surface area contributed by atoms with Crippen molar-refractivity contribution in [2.45, 2.75) is 26.6 Å². The number of alkyl halides is 3. The van der Waals surface area contributed by atoms with Crippen molar-refractivity contribution in [3.8, 4) is 5.69 Å². The number of hydrogen-bond acceptors (Lipinski definition) is 7. The molecule has 3 aromatic carbocycles. The molecule has 0 aliphatic carbocycles. The van der Waals surface area contributed by atoms with E-state index in [1.54, 1.807) is 56.3 Å². The molecule has 0 saturated heterocycles. The van der Waals surface area contributed by atoms with E-state index in [9.17, 15) is 27.9 Å². The summed E-state index contributed by atoms with van der Waals surface area (Å²) in [6.07, 6.45) is -3.05. The lowest BCUT2D eigenvalue weighted by atomic mass is 10.1. The zero-order valence-electron chi connectivity index (χ0n) is 21.8. The van der Waals surface area contributed by atoms with Crippen molar-refractivity contribution in [2.75, 3.05) is 10.6 Å². The Bertz CT molecular complexity index is 1850. The molecule has 0 aliphatic rings. The highest BCUT2D eigenvalue weighted by Crippen LogP contribution is 2.30. The first-order chi connectivity index (χ1) is 19.5. The number of carbonyl (C=O) groups is 1. The monoisotopic (exact) mass is 560 g/mol. The van der Waals surface area contributed by atoms with Crippen molar-refractivity contribution >= 4 is 34.3 Å². The highest BCUT2D eigenvalue weighted by atomic mass is 19.4. The molecular formula is C29H23F3N6O3. The third-order valence-electron chi connectivity index (χ3n) is 6.41. The molecule has 0 atom stereocenters. The van der Waals surface area contributed by atoms with Gasteiger partial charge in [0.25, 0.3) is 5.91 Å². The van der Waals surface area contributed by atoms with Gasteiger partial charge in [0.15, 0.2) is 5.65 Å². The van der Waals surface area contributed by atoms with Gasteiger partial charge in [0, 0.05) is 28.8 Å². The van der Waals surface area contributed by atoms with E-state index in [-0.39, 0.29) is 29.5 Å². The van der Waals surface area contributed by atoms with Gasteiger partial charge in [0.1, 0.15) is 0 Å². The Morgan fingerprint density at radius 3 is 2.51 bits per heavy atom. The predicted molar refractivity (Wildman–Crippen MR) is 147 cm³/mol. The maximum absolute atomic E-state index is 13.2. The van der Waals surface area contributed by atoms with Gasteiger partial charge in [-0.15, -0.1) is 0 Å². The number of aliphatic hydroxyl groups is 1. The zero-order valence-corrected chi connectivity index (χ0v) is 21.8. The van der Waals surface area contributed by atoms with E-state index in [4.69, 9.17) is 0 Å². The molecule has 2 heterocycles. The van der Waals surface area contributed by atoms with E-state index in [0.717, 1.165) is 18.2 Å². The number of hydrogen-bond donors (Lipinski definition) is 3. The number of rotatable bonds is 6. The molecule has 0 fully saturated rings. The molecule has 0 saturated carbocycles. The average molecular weight is 561 g/mol. The van der Waals surface area contributed by atoms with Crippen LogP contribution in [0.4, 0.5) is 30.5 Å². The molecular weight excluding hydrogens is 537 g/mol. The van der Waals surface area contributed by atoms with Crippen LogP contribution in [-0.2, 0) is 12.8 Å². The minimum absolute atomic E-state index is 0.121. The van der Waals surface area contributed by atoms with Crippen LogP contribution in [0.15, 0.2) is 77.7 Å². The molecule has 0 unspecified atom stereocenters. The Hall–Kier alpha value is -5.10. The number of halogens is 3. The number of nitrogens with zero attached hydrogens (tertiary/aromatic N) is 4. The molecule has 41 heavy (non-hydrogen) atoms. The van der Waals surface area contributed by atoms with Gasteiger partial charge in [0.05, 0.1) is 23.2 Å². The van der Waals surface area contributed by atoms with Gasteiger partial charge in [-0.25, -0.2) is 9.78 Å². The Morgan fingerprint density at radius 1 is 0.976 bits per heavy atom. The second-order valence-corrected chi connectivity index (χ2v) is 9.26. The summed E-state index contributed by atoms with van der Waals surface area (Å²) in [7, 11) is 0. The van der Waals surface area contributed by atoms with Crippen molar-refractivity contribution in [3.63, 3.8) is 0 Å². The Balaban J connectivity index is 1.46. The Morgan fingerprint density at radius 2 is 1.76 bits per heavy atom. The van der Waals surface area contributed by atoms with Crippen molar-refractivity contribution in [2.24, 2.45) is 0 Å². The number of aliphatic hydroxyl groups excluding tert-OH is 1. The van der Waals surface area contributed by atoms with Crippen LogP contribution >= 0.6 is 0 Å². The predicted octanol–water partition coefficient (Wildman–Crippen LogP) is 5.30. The first-order valence-electron chi connectivity index (χ1n) is 12.4. The van der Waals surface area contributed by atoms with Crippen LogP contribution in [0.3, 0.4) is 0 Å². The summed E-state index contributed by atoms with van der Waals surface area (Å²) in [6.45, 7) is 3.36. The fraction of sp³-hybridized carbons (Fsp3) is 0.138. The summed E-state index contributed by atoms with van der Waals surface area (Å²) in [5, 5.41) is 15.5. The summed E-state index contributed by atoms with van der Waals surface area (Å²) in [4.78, 5) is 38.8. The smallest absolute Gasteiger partial charge is 0.392 e. The van der Waals surface area contributed by atoms with Gasteiger partial charge in [0.2, 0.25) is 5.95 Å². The highest BCUT2D eigenvalue weighted by Gasteiger charge is 2.31. The lowest BCUT2D eigenvalue weighted by molar-refractivity contribution is -0.137. The summed E-state index contributed by atoms with van der Waals surface area (Å²) >= 11 is 0. The minimum atomic E-state index is -4.58. The molecule has 208 valence electrons. The second-order valence-electron chi connectivity index (χ2n) is 9.26. The number of aryl methyl sites for hydroxylation is 2. The van der Waals surface area contributed by atoms with Crippen LogP contribution in [0.5, 0.6) is 0 Å². The van der Waals surface area contributed by atoms with E-state index in [2.05, 4.69) is 25.6 Å². The molecule has 2 aromatic heterocycles. The van der Waals surface area contributed by atoms with Gasteiger partial charge in [-0.1, -0.05) is 24.3 Å². The standard InChI is InChI=1S/C29H23F3N6O3/c1-16-9-10-22(34-26(40)19-6-4-7-20(12-19)29(30,31)32)13-24(16)38-17(2)23-14-33-27(36-25(23)37-28(38)41)35-21-8-3-5-18(11-21)15-39/h3-14,39H,15H2,1-2H3,(H,34,40)(H,35,36,37,41). The molecule has 0 radical (unpaired) electrons. The van der Waals surface area contributed by atoms with Crippen molar-refractivity contribution in [1.82, 2.24) is 19.5 Å². The minimum Gasteiger partial charge on any atom is -0.392 e. The maximum Gasteiger partial charge on any atom is 0.416 e. The summed E-state index contributed by atoms with van der Waals surface area (Å²) in [5.41, 5.74) is 1.71. The molecule has 0 spiro atoms. The van der Waals surface area contributed by atoms with Gasteiger partial charge >= 0.3 is 11.9 Å². The van der Waals surface area contributed by atoms with Crippen LogP contribution in [0.25, 0.3) is 16.7 Å². The normalized spacial score (nSPS) is 11.5. The van der Waals surface area contributed by atoms with E-state index in [1.165, 1.54) is 16.8 Å². The Kier molecular flexibility index (Phi) is 7.24. The largest absolute Gasteiger partial charge is 0.416 e. The average Bonchev–Trinajstić information content (AvgIpc) is 2.94. The van der Waals surface area contributed by atoms with Crippen LogP contribution in [0, 0.1) is 13.8 Å². The van der Waals surface area contributed by atoms with E-state index in [0.29, 0.717) is 33.6 Å². The lowest BCUT2D eigenvalue weighted by Crippen LogP contribution is -2.25. The van der Waals surface area contributed by atoms with Crippen molar-refractivity contribution < 1.29 is 23.1 Å². The quantitative estimate of drug-likeness (QED) is 0.258. The number of anilines is 3. The number of aromatic nitrogens is 4. The number of fused-ring (bicyclic) bond motifs is 1. The summed E-state index contributed by atoms with van der Waals surface area (Å²) < 4.78 is 40.6. The van der Waals surface area contributed by atoms with E-state index < -0.39 is 23.3 Å². The molecule has 12 heteroatoms. The summed E-state index contributed by atoms with van der Waals surface area (Å²) in [5.74, 6) is -0.517. The molecule has 9 nitrogen and oxygen atoms in total. The number of amides is 1. The first kappa shape index (κ1) is 27.5. The number of benzene rings is 3. The van der Waals surface area contributed by atoms with Gasteiger partial charge in [-0.2, -0.15) is 23.1 Å². The van der Waals surface area contributed by atoms with Gasteiger partial charge < -0.3 is 15.7 Å². The molecule has 5 rings (SSSR count). The molecule has 5 aromatic rings. The molecule has 0 aliphatic heterocycles. The fourth-order valence-electron chi connectivity index (χ4n) is 4.31. The van der Waals surface area contributed by atoms with Gasteiger partial charge in [-0.3, -0.25) is 9.36 Å². The van der Waals surface area contributed by atoms with Crippen LogP contribution in [0.2, 0.25) is 0 Å². The fourth-order valence-corrected chi connectivity index (χ4v) is 4.31. The zero-order chi connectivity index (χ0) is 29.3. The van der Waals surface area contributed by atoms with E-state index >= 15 is 0 Å². The van der Waals surface area contributed by atoms with Crippen molar-refractivity contribution in [3.05, 3.63) is 111 Å². The third kappa shape index (κ3) is 5.77. The molecule has 0 bridgehead atoms. The van der Waals surface area contributed by atoms with Crippen molar-refractivity contribution in [1.29, 1.82) is 0 Å². The van der Waals surface area contributed by atoms with E-state index in [1.807, 2.05) is 0 Å². The maximum atomic E-state index is 13.2. The second kappa shape index (κ2) is 10.8. The highest BCUT2D eigenvalue weighted by molar-refractivity contribution is 6.04. The molecule has 3 N–H and O–H groups in total. The number of carbonyl (C=O) groups excluding carboxylic acids is 1. The first-order valence-corrected chi connectivity index (χ1v) is 12.4. The lowest BCUT2D eigenvalue weighted by Gasteiger charge is -2.16. The van der Waals surface area contributed by atoms with Gasteiger partial charge in [-0.05, 0) is 67.4 Å². The van der Waals surface area contributed by atoms with Crippen LogP contribution < -0.4 is 16.3 Å². The third-order valence-corrected chi connectivity index (χ3v) is 6.41. The topological polar surface area (TPSA) is 122 Å². The Labute approximate surface area is 231 Å². The van der Waals surface area contributed by atoms with Crippen LogP contribution in [-0.4, -0.2) is 30.5 Å².